The van der Waals surface area contributed by atoms with Crippen LogP contribution in [0.1, 0.15) is 59.3 Å². The molecule has 1 aliphatic rings. The molecule has 1 fully saturated rings. The van der Waals surface area contributed by atoms with Crippen LogP contribution in [0.3, 0.4) is 0 Å². The van der Waals surface area contributed by atoms with Crippen LogP contribution in [0.4, 0.5) is 0 Å². The van der Waals surface area contributed by atoms with E-state index < -0.39 is 54.5 Å². The summed E-state index contributed by atoms with van der Waals surface area (Å²) in [4.78, 5) is 64.5. The Labute approximate surface area is 205 Å². The lowest BCUT2D eigenvalue weighted by molar-refractivity contribution is -0.154. The van der Waals surface area contributed by atoms with Crippen molar-refractivity contribution in [2.75, 3.05) is 26.7 Å². The molecule has 200 valence electrons. The quantitative estimate of drug-likeness (QED) is 0.169. The average Bonchev–Trinajstić information content (AvgIpc) is 2.74. The Balaban J connectivity index is 2.85. The summed E-state index contributed by atoms with van der Waals surface area (Å²) in [7, 11) is 1.76. The van der Waals surface area contributed by atoms with E-state index in [1.165, 1.54) is 4.90 Å². The molecule has 1 rings (SSSR count). The van der Waals surface area contributed by atoms with Crippen LogP contribution in [0, 0.1) is 5.92 Å². The molecule has 35 heavy (non-hydrogen) atoms. The van der Waals surface area contributed by atoms with Crippen molar-refractivity contribution in [1.29, 1.82) is 0 Å². The summed E-state index contributed by atoms with van der Waals surface area (Å²) in [5.41, 5.74) is 0. The van der Waals surface area contributed by atoms with Crippen LogP contribution in [0.5, 0.6) is 0 Å². The standard InChI is InChI=1S/C23H39N3O9/c1-5-15(11-20(29)30)35-22(33)7-6-18(27)16(10-14(2)3)24-23(34)17(12-21(31)32)26-9-8-25(4)13-19(26)28/h14-17,21,31-32H,5-13H2,1-4H3,(H,24,34)(H,29,30)/t15?,16-,17+/m1/s1. The van der Waals surface area contributed by atoms with E-state index in [4.69, 9.17) is 9.84 Å². The first-order valence-corrected chi connectivity index (χ1v) is 11.9. The van der Waals surface area contributed by atoms with E-state index in [2.05, 4.69) is 5.32 Å². The summed E-state index contributed by atoms with van der Waals surface area (Å²) < 4.78 is 5.12. The van der Waals surface area contributed by atoms with Gasteiger partial charge in [-0.25, -0.2) is 0 Å². The lowest BCUT2D eigenvalue weighted by Gasteiger charge is -2.37. The maximum atomic E-state index is 13.1. The highest BCUT2D eigenvalue weighted by atomic mass is 16.5. The number of piperazine rings is 1. The van der Waals surface area contributed by atoms with E-state index in [0.717, 1.165) is 0 Å². The Morgan fingerprint density at radius 1 is 1.09 bits per heavy atom. The summed E-state index contributed by atoms with van der Waals surface area (Å²) in [6.45, 7) is 6.22. The number of hydrogen-bond donors (Lipinski definition) is 4. The van der Waals surface area contributed by atoms with Crippen LogP contribution in [-0.2, 0) is 28.7 Å². The Bertz CT molecular complexity index is 757. The monoisotopic (exact) mass is 501 g/mol. The van der Waals surface area contributed by atoms with Gasteiger partial charge in [0, 0.05) is 25.9 Å². The van der Waals surface area contributed by atoms with Gasteiger partial charge in [0.2, 0.25) is 11.8 Å². The molecule has 1 heterocycles. The summed E-state index contributed by atoms with van der Waals surface area (Å²) in [6.07, 6.45) is -3.24. The largest absolute Gasteiger partial charge is 0.481 e. The molecule has 1 aliphatic heterocycles. The number of nitrogens with zero attached hydrogens (tertiary/aromatic N) is 2. The minimum absolute atomic E-state index is 0.0170. The fourth-order valence-corrected chi connectivity index (χ4v) is 3.83. The predicted molar refractivity (Wildman–Crippen MR) is 124 cm³/mol. The molecule has 0 bridgehead atoms. The molecule has 12 nitrogen and oxygen atoms in total. The molecule has 1 unspecified atom stereocenters. The maximum Gasteiger partial charge on any atom is 0.307 e. The van der Waals surface area contributed by atoms with E-state index in [1.807, 2.05) is 13.8 Å². The smallest absolute Gasteiger partial charge is 0.307 e. The van der Waals surface area contributed by atoms with E-state index in [0.29, 0.717) is 13.0 Å². The molecule has 2 amide bonds. The summed E-state index contributed by atoms with van der Waals surface area (Å²) in [5.74, 6) is -3.20. The zero-order chi connectivity index (χ0) is 26.7. The number of amides is 2. The normalized spacial score (nSPS) is 17.3. The summed E-state index contributed by atoms with van der Waals surface area (Å²) in [5, 5.41) is 30.5. The van der Waals surface area contributed by atoms with Crippen LogP contribution in [0.2, 0.25) is 0 Å². The molecule has 0 aromatic rings. The lowest BCUT2D eigenvalue weighted by Crippen LogP contribution is -2.59. The molecule has 3 atom stereocenters. The SMILES string of the molecule is CCC(CC(=O)O)OC(=O)CCC(=O)[C@@H](CC(C)C)NC(=O)[C@H](CC(O)O)N1CCN(C)CC1=O. The fraction of sp³-hybridized carbons (Fsp3) is 0.783. The molecule has 0 spiro atoms. The highest BCUT2D eigenvalue weighted by molar-refractivity contribution is 5.94. The maximum absolute atomic E-state index is 13.1. The van der Waals surface area contributed by atoms with Crippen LogP contribution in [-0.4, -0.2) is 106 Å². The number of nitrogens with one attached hydrogen (secondary N) is 1. The molecule has 1 saturated heterocycles. The van der Waals surface area contributed by atoms with Gasteiger partial charge in [0.05, 0.1) is 25.4 Å². The van der Waals surface area contributed by atoms with Crippen LogP contribution in [0.15, 0.2) is 0 Å². The predicted octanol–water partition coefficient (Wildman–Crippen LogP) is -0.493. The first kappa shape index (κ1) is 30.5. The molecule has 12 heteroatoms. The zero-order valence-corrected chi connectivity index (χ0v) is 20.9. The number of aliphatic hydroxyl groups excluding tert-OH is 1. The van der Waals surface area contributed by atoms with Gasteiger partial charge in [0.25, 0.3) is 0 Å². The number of carboxylic acid groups (broad SMARTS) is 1. The fourth-order valence-electron chi connectivity index (χ4n) is 3.83. The summed E-state index contributed by atoms with van der Waals surface area (Å²) >= 11 is 0. The molecule has 4 N–H and O–H groups in total. The highest BCUT2D eigenvalue weighted by Gasteiger charge is 2.36. The van der Waals surface area contributed by atoms with Gasteiger partial charge < -0.3 is 30.3 Å². The van der Waals surface area contributed by atoms with Crippen molar-refractivity contribution in [3.05, 3.63) is 0 Å². The number of carbonyl (C=O) groups is 5. The number of hydrogen-bond acceptors (Lipinski definition) is 9. The Morgan fingerprint density at radius 2 is 1.74 bits per heavy atom. The molecular formula is C23H39N3O9. The summed E-state index contributed by atoms with van der Waals surface area (Å²) in [6, 6.07) is -2.11. The Hall–Kier alpha value is -2.57. The highest BCUT2D eigenvalue weighted by Crippen LogP contribution is 2.15. The van der Waals surface area contributed by atoms with Crippen LogP contribution in [0.25, 0.3) is 0 Å². The number of esters is 1. The van der Waals surface area contributed by atoms with Gasteiger partial charge in [-0.05, 0) is 25.8 Å². The second-order valence-electron chi connectivity index (χ2n) is 9.33. The molecule has 0 aliphatic carbocycles. The second-order valence-corrected chi connectivity index (χ2v) is 9.33. The van der Waals surface area contributed by atoms with Crippen molar-refractivity contribution in [1.82, 2.24) is 15.1 Å². The third kappa shape index (κ3) is 11.1. The number of aliphatic hydroxyl groups is 2. The van der Waals surface area contributed by atoms with E-state index >= 15 is 0 Å². The van der Waals surface area contributed by atoms with Gasteiger partial charge in [-0.15, -0.1) is 0 Å². The van der Waals surface area contributed by atoms with Crippen molar-refractivity contribution in [2.45, 2.75) is 83.8 Å². The topological polar surface area (TPSA) is 174 Å². The number of Topliss-reactive ketones (excluding diaryl/α,β-unsaturated/α-hetero) is 1. The van der Waals surface area contributed by atoms with Crippen molar-refractivity contribution in [3.63, 3.8) is 0 Å². The number of ether oxygens (including phenoxy) is 1. The van der Waals surface area contributed by atoms with Crippen molar-refractivity contribution in [2.24, 2.45) is 5.92 Å². The van der Waals surface area contributed by atoms with E-state index in [-0.39, 0.29) is 50.6 Å². The molecule has 0 aromatic heterocycles. The third-order valence-corrected chi connectivity index (χ3v) is 5.70. The first-order valence-electron chi connectivity index (χ1n) is 11.9. The number of ketones is 1. The second kappa shape index (κ2) is 14.7. The van der Waals surface area contributed by atoms with Crippen molar-refractivity contribution >= 4 is 29.5 Å². The number of aliphatic carboxylic acids is 1. The minimum atomic E-state index is -1.83. The molecule has 0 aromatic carbocycles. The van der Waals surface area contributed by atoms with Gasteiger partial charge in [0.1, 0.15) is 12.1 Å². The number of rotatable bonds is 15. The number of likely N-dealkylation sites (N-methyl/N-ethyl adjacent to an activating group) is 1. The van der Waals surface area contributed by atoms with Crippen molar-refractivity contribution < 1.29 is 44.0 Å². The van der Waals surface area contributed by atoms with Crippen molar-refractivity contribution in [3.8, 4) is 0 Å². The third-order valence-electron chi connectivity index (χ3n) is 5.70. The molecule has 0 radical (unpaired) electrons. The van der Waals surface area contributed by atoms with Gasteiger partial charge in [-0.1, -0.05) is 20.8 Å². The van der Waals surface area contributed by atoms with Gasteiger partial charge in [-0.3, -0.25) is 28.9 Å². The Morgan fingerprint density at radius 3 is 2.26 bits per heavy atom. The minimum Gasteiger partial charge on any atom is -0.481 e. The average molecular weight is 502 g/mol. The van der Waals surface area contributed by atoms with Gasteiger partial charge >= 0.3 is 11.9 Å². The number of carboxylic acids is 1. The van der Waals surface area contributed by atoms with Gasteiger partial charge in [0.15, 0.2) is 12.1 Å². The molecule has 0 saturated carbocycles. The lowest BCUT2D eigenvalue weighted by atomic mass is 9.97. The number of carbonyl (C=O) groups excluding carboxylic acids is 4. The van der Waals surface area contributed by atoms with Gasteiger partial charge in [-0.2, -0.15) is 0 Å². The molecular weight excluding hydrogens is 462 g/mol. The zero-order valence-electron chi connectivity index (χ0n) is 20.9. The first-order chi connectivity index (χ1) is 16.3. The van der Waals surface area contributed by atoms with Crippen LogP contribution < -0.4 is 5.32 Å². The Kier molecular flexibility index (Phi) is 12.8. The van der Waals surface area contributed by atoms with Crippen LogP contribution >= 0.6 is 0 Å². The van der Waals surface area contributed by atoms with E-state index in [9.17, 15) is 34.2 Å². The van der Waals surface area contributed by atoms with E-state index in [1.54, 1.807) is 18.9 Å².